The lowest BCUT2D eigenvalue weighted by atomic mass is 9.90. The minimum Gasteiger partial charge on any atom is -0.387 e. The van der Waals surface area contributed by atoms with Crippen molar-refractivity contribution in [1.82, 2.24) is 0 Å². The molecule has 26 atom stereocenters. The summed E-state index contributed by atoms with van der Waals surface area (Å²) in [6.07, 6.45) is 27.4. The van der Waals surface area contributed by atoms with Gasteiger partial charge in [-0.1, -0.05) is 370 Å². The predicted octanol–water partition coefficient (Wildman–Crippen LogP) is 23.6. The molecule has 0 amide bonds. The van der Waals surface area contributed by atoms with Gasteiger partial charge in [-0.3, -0.25) is 13.6 Å². The number of aliphatic hydroxyl groups is 5. The van der Waals surface area contributed by atoms with Crippen LogP contribution in [0, 0.1) is 94.7 Å². The summed E-state index contributed by atoms with van der Waals surface area (Å²) in [6.45, 7) is 47.6. The summed E-state index contributed by atoms with van der Waals surface area (Å²) in [5.74, 6) is 10.3. The van der Waals surface area contributed by atoms with Crippen LogP contribution in [-0.4, -0.2) is 183 Å². The molecule has 0 saturated carbocycles. The zero-order valence-electron chi connectivity index (χ0n) is 82.1. The summed E-state index contributed by atoms with van der Waals surface area (Å²) in [7, 11) is -10.1. The number of hydrogen-bond acceptors (Lipinski definition) is 19. The first kappa shape index (κ1) is 118. The normalized spacial score (nSPS) is 24.4. The third-order valence-corrected chi connectivity index (χ3v) is 28.0. The van der Waals surface area contributed by atoms with Gasteiger partial charge in [0.05, 0.1) is 45.7 Å². The maximum absolute atomic E-state index is 14.2. The molecule has 2 fully saturated rings. The van der Waals surface area contributed by atoms with Crippen molar-refractivity contribution in [2.45, 2.75) is 482 Å². The predicted molar refractivity (Wildman–Crippen MR) is 497 cm³/mol. The fourth-order valence-electron chi connectivity index (χ4n) is 17.7. The first-order valence-corrected chi connectivity index (χ1v) is 53.1. The van der Waals surface area contributed by atoms with Crippen molar-refractivity contribution >= 4 is 18.2 Å². The standard InChI is InChI=1S/C99H197O21PS/c1-71(2)34-22-38-75(9)42-26-46-79(13)50-30-54-83(17)58-61-110-65-88(111-62-59-84(18)55-31-51-80(14)47-27-43-76(10)39-23-35-72(3)4)67-114-99-97(120-98-96(104)94(102)92(100)91(118-98)70-117-122(107,108)109)95(103)93(101)90(119-99)69-116-121(105,106)115-68-89(112-63-60-85(19)56-32-52-81(15)48-28-44-77(11)40-24-36-73(5)6)66-113-87(21)64-86(20)57-33-53-82(16)49-29-45-78(12)41-25-37-74(7)8/h71-104H,22-70H2,1-21H3,(H,105,106)(H,107,108,109)/t75?,76?,77?,78?,79?,80?,81?,82?,83?,84?,85?,86?,87?,88-,89-,90+,91+,92+,93+,94?,95?,96?,97?,98+,99-/m0/s1. The third kappa shape index (κ3) is 60.5. The minimum atomic E-state index is -5.07. The molecule has 7 N–H and O–H groups in total. The fraction of sp³-hybridized carbons (Fsp3) is 1.00. The SMILES string of the molecule is CC(C)CCCC(C)CCCC(C)CCCC(C)CCOC[C@@H](CO[C@H]1O[C@H](COP(=O)(O)OC[C@H](COC(C)CC(C)CCCC(C)CCCC(C)CCCC(C)C)OCCC(C)CCCC(C)CCCC(C)CCCC(C)C)[C@@H](O)C(O)C1O[C@H]1O[C@H](COS(=O)(=O)O)[C@@H](O)C(O)C1O)OCCC(C)CCCC(C)CCCC(C)CCCC(C)C. The van der Waals surface area contributed by atoms with Gasteiger partial charge in [0, 0.05) is 19.8 Å². The van der Waals surface area contributed by atoms with E-state index in [0.29, 0.717) is 67.2 Å². The Kier molecular flexibility index (Phi) is 66.0. The highest BCUT2D eigenvalue weighted by atomic mass is 32.3. The van der Waals surface area contributed by atoms with E-state index < -0.39 is 105 Å². The molecule has 2 aliphatic heterocycles. The Morgan fingerprint density at radius 1 is 0.320 bits per heavy atom. The molecule has 18 unspecified atom stereocenters. The highest BCUT2D eigenvalue weighted by Gasteiger charge is 2.52. The van der Waals surface area contributed by atoms with Crippen LogP contribution >= 0.6 is 7.82 Å². The topological polar surface area (TPSA) is 294 Å². The van der Waals surface area contributed by atoms with Crippen LogP contribution in [0.2, 0.25) is 0 Å². The highest BCUT2D eigenvalue weighted by molar-refractivity contribution is 7.80. The van der Waals surface area contributed by atoms with Crippen LogP contribution in [0.4, 0.5) is 0 Å². The van der Waals surface area contributed by atoms with Crippen LogP contribution < -0.4 is 0 Å². The molecule has 2 rings (SSSR count). The summed E-state index contributed by atoms with van der Waals surface area (Å²) in [5, 5.41) is 57.2. The second-order valence-corrected chi connectivity index (χ2v) is 44.6. The number of phosphoric ester groups is 1. The van der Waals surface area contributed by atoms with Crippen LogP contribution in [0.3, 0.4) is 0 Å². The molecule has 122 heavy (non-hydrogen) atoms. The van der Waals surface area contributed by atoms with E-state index in [2.05, 4.69) is 150 Å². The van der Waals surface area contributed by atoms with Crippen molar-refractivity contribution in [3.05, 3.63) is 0 Å². The zero-order valence-corrected chi connectivity index (χ0v) is 83.8. The van der Waals surface area contributed by atoms with Gasteiger partial charge >= 0.3 is 18.2 Å². The summed E-state index contributed by atoms with van der Waals surface area (Å²) < 4.78 is 113. The number of ether oxygens (including phenoxy) is 8. The second-order valence-electron chi connectivity index (χ2n) is 42.1. The fourth-order valence-corrected chi connectivity index (χ4v) is 18.7. The van der Waals surface area contributed by atoms with Gasteiger partial charge in [-0.25, -0.2) is 8.75 Å². The van der Waals surface area contributed by atoms with Gasteiger partial charge in [0.25, 0.3) is 0 Å². The number of rotatable bonds is 80. The van der Waals surface area contributed by atoms with Gasteiger partial charge in [0.1, 0.15) is 61.0 Å². The first-order chi connectivity index (χ1) is 57.6. The van der Waals surface area contributed by atoms with Crippen molar-refractivity contribution in [3.63, 3.8) is 0 Å². The third-order valence-electron chi connectivity index (χ3n) is 26.6. The van der Waals surface area contributed by atoms with Crippen LogP contribution in [-0.2, 0) is 66.1 Å². The zero-order chi connectivity index (χ0) is 91.2. The Balaban J connectivity index is 2.38. The second kappa shape index (κ2) is 68.5. The molecule has 2 heterocycles. The van der Waals surface area contributed by atoms with Crippen LogP contribution in [0.15, 0.2) is 0 Å². The van der Waals surface area contributed by atoms with Crippen LogP contribution in [0.25, 0.3) is 0 Å². The van der Waals surface area contributed by atoms with E-state index in [9.17, 15) is 48.0 Å². The molecule has 730 valence electrons. The Bertz CT molecular complexity index is 2610. The Labute approximate surface area is 749 Å². The molecule has 0 aromatic carbocycles. The van der Waals surface area contributed by atoms with E-state index in [1.807, 2.05) is 0 Å². The quantitative estimate of drug-likeness (QED) is 0.0169. The van der Waals surface area contributed by atoms with Gasteiger partial charge in [-0.15, -0.1) is 0 Å². The minimum absolute atomic E-state index is 0.0910. The number of phosphoric acid groups is 1. The number of aliphatic hydroxyl groups excluding tert-OH is 5. The van der Waals surface area contributed by atoms with Gasteiger partial charge in [-0.2, -0.15) is 8.42 Å². The van der Waals surface area contributed by atoms with Crippen LogP contribution in [0.1, 0.15) is 402 Å². The summed E-state index contributed by atoms with van der Waals surface area (Å²) in [4.78, 5) is 11.5. The molecule has 21 nitrogen and oxygen atoms in total. The molecule has 0 aliphatic carbocycles. The summed E-state index contributed by atoms with van der Waals surface area (Å²) in [5.41, 5.74) is 0. The van der Waals surface area contributed by atoms with E-state index in [4.69, 9.17) is 46.9 Å². The Hall–Kier alpha value is -0.540. The van der Waals surface area contributed by atoms with E-state index in [1.165, 1.54) is 173 Å². The van der Waals surface area contributed by atoms with E-state index >= 15 is 0 Å². The molecule has 2 aliphatic rings. The van der Waals surface area contributed by atoms with Gasteiger partial charge < -0.3 is 68.3 Å². The lowest BCUT2D eigenvalue weighted by molar-refractivity contribution is -0.368. The molecule has 23 heteroatoms. The molecule has 2 saturated heterocycles. The molecular formula is C99H197O21PS. The lowest BCUT2D eigenvalue weighted by Gasteiger charge is -2.46. The van der Waals surface area contributed by atoms with Crippen LogP contribution in [0.5, 0.6) is 0 Å². The molecule has 0 aromatic heterocycles. The Morgan fingerprint density at radius 3 is 0.975 bits per heavy atom. The lowest BCUT2D eigenvalue weighted by Crippen LogP contribution is -2.65. The van der Waals surface area contributed by atoms with Gasteiger partial charge in [0.2, 0.25) is 0 Å². The molecule has 0 aromatic rings. The highest BCUT2D eigenvalue weighted by Crippen LogP contribution is 2.45. The monoisotopic (exact) mass is 1790 g/mol. The first-order valence-electron chi connectivity index (χ1n) is 50.3. The van der Waals surface area contributed by atoms with Crippen molar-refractivity contribution in [3.8, 4) is 0 Å². The van der Waals surface area contributed by atoms with Crippen molar-refractivity contribution < 1.29 is 99.1 Å². The molecule has 0 bridgehead atoms. The van der Waals surface area contributed by atoms with E-state index in [0.717, 1.165) is 131 Å². The maximum atomic E-state index is 14.2. The molecule has 0 radical (unpaired) electrons. The number of hydrogen-bond donors (Lipinski definition) is 7. The smallest absolute Gasteiger partial charge is 0.387 e. The molecule has 0 spiro atoms. The summed E-state index contributed by atoms with van der Waals surface area (Å²) in [6, 6.07) is 0. The van der Waals surface area contributed by atoms with Crippen molar-refractivity contribution in [2.75, 3.05) is 59.5 Å². The molecular weight excluding hydrogens is 1590 g/mol. The van der Waals surface area contributed by atoms with Crippen molar-refractivity contribution in [1.29, 1.82) is 0 Å². The average Bonchev–Trinajstić information content (AvgIpc) is 0.783. The largest absolute Gasteiger partial charge is 0.472 e. The Morgan fingerprint density at radius 2 is 0.623 bits per heavy atom. The van der Waals surface area contributed by atoms with Gasteiger partial charge in [0.15, 0.2) is 12.6 Å². The van der Waals surface area contributed by atoms with E-state index in [-0.39, 0.29) is 32.5 Å². The average molecular weight is 1790 g/mol. The summed E-state index contributed by atoms with van der Waals surface area (Å²) >= 11 is 0. The maximum Gasteiger partial charge on any atom is 0.472 e. The van der Waals surface area contributed by atoms with Crippen molar-refractivity contribution in [2.24, 2.45) is 94.7 Å². The van der Waals surface area contributed by atoms with Gasteiger partial charge in [-0.05, 0) is 127 Å². The van der Waals surface area contributed by atoms with E-state index in [1.54, 1.807) is 0 Å².